The number of benzene rings is 1. The van der Waals surface area contributed by atoms with E-state index in [9.17, 15) is 9.59 Å². The van der Waals surface area contributed by atoms with E-state index in [2.05, 4.69) is 5.32 Å². The van der Waals surface area contributed by atoms with Gasteiger partial charge < -0.3 is 15.1 Å². The Kier molecular flexibility index (Phi) is 7.50. The van der Waals surface area contributed by atoms with Crippen LogP contribution in [0.3, 0.4) is 0 Å². The number of rotatable bonds is 6. The topological polar surface area (TPSA) is 52.7 Å². The van der Waals surface area contributed by atoms with Gasteiger partial charge in [0.1, 0.15) is 5.37 Å². The third-order valence-corrected chi connectivity index (χ3v) is 6.07. The maximum Gasteiger partial charge on any atom is 0.317 e. The maximum absolute atomic E-state index is 12.4. The number of hydrogen-bond donors (Lipinski definition) is 1. The molecule has 8 heteroatoms. The van der Waals surface area contributed by atoms with Gasteiger partial charge in [0.2, 0.25) is 5.91 Å². The Morgan fingerprint density at radius 3 is 2.58 bits per heavy atom. The third kappa shape index (κ3) is 5.21. The first-order chi connectivity index (χ1) is 12.2. The molecule has 0 radical (unpaired) electrons. The molecule has 1 saturated heterocycles. The molecule has 3 amide bonds. The molecule has 1 aromatic carbocycles. The highest BCUT2D eigenvalue weighted by Gasteiger charge is 2.33. The summed E-state index contributed by atoms with van der Waals surface area (Å²) in [7, 11) is 0. The normalized spacial score (nSPS) is 17.3. The Balaban J connectivity index is 2.10. The summed E-state index contributed by atoms with van der Waals surface area (Å²) in [5, 5.41) is 3.77. The Morgan fingerprint density at radius 2 is 2.00 bits per heavy atom. The largest absolute Gasteiger partial charge is 0.336 e. The van der Waals surface area contributed by atoms with Crippen LogP contribution in [0.1, 0.15) is 38.6 Å². The molecule has 1 N–H and O–H groups in total. The Morgan fingerprint density at radius 1 is 1.31 bits per heavy atom. The van der Waals surface area contributed by atoms with Crippen molar-refractivity contribution in [2.45, 2.75) is 45.2 Å². The lowest BCUT2D eigenvalue weighted by molar-refractivity contribution is -0.128. The summed E-state index contributed by atoms with van der Waals surface area (Å²) in [5.74, 6) is 0.490. The Hall–Kier alpha value is -1.11. The van der Waals surface area contributed by atoms with E-state index in [4.69, 9.17) is 23.2 Å². The van der Waals surface area contributed by atoms with Gasteiger partial charge in [-0.2, -0.15) is 0 Å². The molecule has 1 heterocycles. The van der Waals surface area contributed by atoms with Gasteiger partial charge in [0.15, 0.2) is 0 Å². The number of halogens is 2. The van der Waals surface area contributed by atoms with Crippen LogP contribution in [0, 0.1) is 0 Å². The molecule has 0 bridgehead atoms. The molecule has 0 saturated carbocycles. The molecule has 1 fully saturated rings. The number of carbonyl (C=O) groups excluding carboxylic acids is 2. The zero-order valence-corrected chi connectivity index (χ0v) is 17.8. The Bertz CT molecular complexity index is 670. The fourth-order valence-electron chi connectivity index (χ4n) is 2.78. The highest BCUT2D eigenvalue weighted by atomic mass is 35.5. The second-order valence-electron chi connectivity index (χ2n) is 6.82. The van der Waals surface area contributed by atoms with Crippen molar-refractivity contribution in [3.05, 3.63) is 33.8 Å². The first kappa shape index (κ1) is 21.2. The fourth-order valence-corrected chi connectivity index (χ4v) is 4.29. The van der Waals surface area contributed by atoms with Crippen molar-refractivity contribution >= 4 is 46.9 Å². The summed E-state index contributed by atoms with van der Waals surface area (Å²) in [5.41, 5.74) is 0.943. The second kappa shape index (κ2) is 9.20. The quantitative estimate of drug-likeness (QED) is 0.745. The van der Waals surface area contributed by atoms with Crippen LogP contribution in [0.5, 0.6) is 0 Å². The van der Waals surface area contributed by atoms with Crippen molar-refractivity contribution < 1.29 is 9.59 Å². The summed E-state index contributed by atoms with van der Waals surface area (Å²) < 4.78 is 0. The minimum Gasteiger partial charge on any atom is -0.336 e. The molecule has 26 heavy (non-hydrogen) atoms. The fraction of sp³-hybridized carbons (Fsp3) is 0.556. The summed E-state index contributed by atoms with van der Waals surface area (Å²) in [6, 6.07) is 5.44. The zero-order valence-electron chi connectivity index (χ0n) is 15.5. The number of nitrogens with one attached hydrogen (secondary N) is 1. The van der Waals surface area contributed by atoms with E-state index in [1.165, 1.54) is 0 Å². The van der Waals surface area contributed by atoms with Crippen molar-refractivity contribution in [2.24, 2.45) is 0 Å². The molecule has 1 aliphatic heterocycles. The van der Waals surface area contributed by atoms with Crippen LogP contribution in [0.2, 0.25) is 10.0 Å². The minimum absolute atomic E-state index is 0.0440. The first-order valence-electron chi connectivity index (χ1n) is 8.63. The maximum atomic E-state index is 12.4. The van der Waals surface area contributed by atoms with Crippen LogP contribution in [-0.4, -0.2) is 52.7 Å². The second-order valence-corrected chi connectivity index (χ2v) is 8.70. The summed E-state index contributed by atoms with van der Waals surface area (Å²) in [6.45, 7) is 8.74. The lowest BCUT2D eigenvalue weighted by Gasteiger charge is -2.31. The minimum atomic E-state index is -0.112. The van der Waals surface area contributed by atoms with Crippen molar-refractivity contribution in [1.82, 2.24) is 15.1 Å². The van der Waals surface area contributed by atoms with E-state index in [1.807, 2.05) is 38.7 Å². The first-order valence-corrected chi connectivity index (χ1v) is 10.4. The van der Waals surface area contributed by atoms with E-state index in [1.54, 1.807) is 28.8 Å². The van der Waals surface area contributed by atoms with Gasteiger partial charge in [0, 0.05) is 25.2 Å². The molecule has 0 spiro atoms. The van der Waals surface area contributed by atoms with E-state index >= 15 is 0 Å². The van der Waals surface area contributed by atoms with Crippen LogP contribution in [0.15, 0.2) is 18.2 Å². The number of thioether (sulfide) groups is 1. The van der Waals surface area contributed by atoms with Gasteiger partial charge in [-0.1, -0.05) is 29.3 Å². The number of amides is 3. The molecule has 5 nitrogen and oxygen atoms in total. The van der Waals surface area contributed by atoms with Gasteiger partial charge in [-0.3, -0.25) is 4.79 Å². The summed E-state index contributed by atoms with van der Waals surface area (Å²) >= 11 is 13.7. The molecule has 1 aromatic rings. The van der Waals surface area contributed by atoms with Crippen molar-refractivity contribution in [2.75, 3.05) is 18.8 Å². The van der Waals surface area contributed by atoms with Crippen LogP contribution >= 0.6 is 35.0 Å². The molecule has 1 aliphatic rings. The molecular formula is C18H25Cl2N3O2S. The zero-order chi connectivity index (χ0) is 19.4. The van der Waals surface area contributed by atoms with Gasteiger partial charge in [-0.15, -0.1) is 11.8 Å². The standard InChI is InChI=1S/C18H25Cl2N3O2S/c1-11(2)21-18(25)22(12(3)4)7-8-23-16(24)10-26-17(23)13-5-6-14(19)15(20)9-13/h5-6,9,11-12,17H,7-8,10H2,1-4H3,(H,21,25). The average molecular weight is 418 g/mol. The van der Waals surface area contributed by atoms with Crippen molar-refractivity contribution in [3.63, 3.8) is 0 Å². The molecule has 2 rings (SSSR count). The molecule has 0 aliphatic carbocycles. The van der Waals surface area contributed by atoms with Crippen LogP contribution in [0.4, 0.5) is 4.79 Å². The van der Waals surface area contributed by atoms with Gasteiger partial charge in [-0.25, -0.2) is 4.79 Å². The van der Waals surface area contributed by atoms with Crippen molar-refractivity contribution in [1.29, 1.82) is 0 Å². The average Bonchev–Trinajstić information content (AvgIpc) is 2.90. The summed E-state index contributed by atoms with van der Waals surface area (Å²) in [4.78, 5) is 28.3. The molecule has 144 valence electrons. The van der Waals surface area contributed by atoms with Gasteiger partial charge in [0.05, 0.1) is 15.8 Å². The number of carbonyl (C=O) groups is 2. The highest BCUT2D eigenvalue weighted by Crippen LogP contribution is 2.40. The van der Waals surface area contributed by atoms with E-state index < -0.39 is 0 Å². The van der Waals surface area contributed by atoms with E-state index in [-0.39, 0.29) is 29.4 Å². The predicted molar refractivity (Wildman–Crippen MR) is 109 cm³/mol. The smallest absolute Gasteiger partial charge is 0.317 e. The lowest BCUT2D eigenvalue weighted by Crippen LogP contribution is -2.49. The van der Waals surface area contributed by atoms with Crippen LogP contribution in [0.25, 0.3) is 0 Å². The predicted octanol–water partition coefficient (Wildman–Crippen LogP) is 4.40. The monoisotopic (exact) mass is 417 g/mol. The van der Waals surface area contributed by atoms with E-state index in [0.29, 0.717) is 28.9 Å². The van der Waals surface area contributed by atoms with Gasteiger partial charge in [0.25, 0.3) is 0 Å². The van der Waals surface area contributed by atoms with Crippen LogP contribution < -0.4 is 5.32 Å². The lowest BCUT2D eigenvalue weighted by atomic mass is 10.2. The number of hydrogen-bond acceptors (Lipinski definition) is 3. The van der Waals surface area contributed by atoms with E-state index in [0.717, 1.165) is 5.56 Å². The number of urea groups is 1. The number of nitrogens with zero attached hydrogens (tertiary/aromatic N) is 2. The van der Waals surface area contributed by atoms with Gasteiger partial charge in [-0.05, 0) is 45.4 Å². The van der Waals surface area contributed by atoms with Gasteiger partial charge >= 0.3 is 6.03 Å². The molecule has 1 atom stereocenters. The molecule has 1 unspecified atom stereocenters. The molecule has 0 aromatic heterocycles. The van der Waals surface area contributed by atoms with Crippen molar-refractivity contribution in [3.8, 4) is 0 Å². The third-order valence-electron chi connectivity index (χ3n) is 4.08. The SMILES string of the molecule is CC(C)NC(=O)N(CCN1C(=O)CSC1c1ccc(Cl)c(Cl)c1)C(C)C. The molecular weight excluding hydrogens is 393 g/mol. The van der Waals surface area contributed by atoms with Crippen LogP contribution in [-0.2, 0) is 4.79 Å². The summed E-state index contributed by atoms with van der Waals surface area (Å²) in [6.07, 6.45) is 0. The highest BCUT2D eigenvalue weighted by molar-refractivity contribution is 8.00. The Labute approximate surface area is 169 Å².